The predicted octanol–water partition coefficient (Wildman–Crippen LogP) is 2.00. The number of carbonyl (C=O) groups is 2. The van der Waals surface area contributed by atoms with Gasteiger partial charge in [0, 0.05) is 24.5 Å². The van der Waals surface area contributed by atoms with Gasteiger partial charge < -0.3 is 14.7 Å². The lowest BCUT2D eigenvalue weighted by atomic mass is 10.2. The highest BCUT2D eigenvalue weighted by Crippen LogP contribution is 2.23. The first-order valence-corrected chi connectivity index (χ1v) is 9.02. The number of carbonyl (C=O) groups excluding carboxylic acids is 2. The quantitative estimate of drug-likeness (QED) is 0.534. The van der Waals surface area contributed by atoms with E-state index in [9.17, 15) is 9.59 Å². The first-order chi connectivity index (χ1) is 14.0. The lowest BCUT2D eigenvalue weighted by Gasteiger charge is -2.04. The van der Waals surface area contributed by atoms with Gasteiger partial charge in [0.25, 0.3) is 5.91 Å². The fraction of sp³-hybridized carbons (Fsp3) is 0.227. The summed E-state index contributed by atoms with van der Waals surface area (Å²) in [5.41, 5.74) is 2.68. The molecule has 0 radical (unpaired) electrons. The Bertz CT molecular complexity index is 1080. The Labute approximate surface area is 168 Å². The van der Waals surface area contributed by atoms with E-state index in [-0.39, 0.29) is 5.91 Å². The zero-order valence-corrected chi connectivity index (χ0v) is 16.2. The van der Waals surface area contributed by atoms with Gasteiger partial charge in [-0.2, -0.15) is 5.10 Å². The van der Waals surface area contributed by atoms with Gasteiger partial charge in [0.2, 0.25) is 0 Å². The van der Waals surface area contributed by atoms with Crippen molar-refractivity contribution >= 4 is 22.8 Å². The largest absolute Gasteiger partial charge is 0.464 e. The topological polar surface area (TPSA) is 84.7 Å². The van der Waals surface area contributed by atoms with Crippen LogP contribution in [0.5, 0.6) is 0 Å². The molecule has 1 aliphatic heterocycles. The Morgan fingerprint density at radius 2 is 2.03 bits per heavy atom. The molecule has 1 aromatic heterocycles. The summed E-state index contributed by atoms with van der Waals surface area (Å²) in [6, 6.07) is 14.9. The highest BCUT2D eigenvalue weighted by molar-refractivity contribution is 6.02. The van der Waals surface area contributed by atoms with E-state index in [0.29, 0.717) is 18.7 Å². The van der Waals surface area contributed by atoms with Crippen molar-refractivity contribution in [2.24, 2.45) is 0 Å². The molecule has 0 aliphatic carbocycles. The monoisotopic (exact) mass is 391 g/mol. The summed E-state index contributed by atoms with van der Waals surface area (Å²) in [7, 11) is 3.04. The molecule has 2 heterocycles. The molecule has 7 nitrogen and oxygen atoms in total. The summed E-state index contributed by atoms with van der Waals surface area (Å²) in [5.74, 6) is 1.98. The van der Waals surface area contributed by atoms with Crippen LogP contribution in [0.25, 0.3) is 16.6 Å². The minimum absolute atomic E-state index is 0.148. The zero-order valence-electron chi connectivity index (χ0n) is 16.2. The fourth-order valence-corrected chi connectivity index (χ4v) is 3.04. The van der Waals surface area contributed by atoms with E-state index in [4.69, 9.17) is 16.3 Å². The maximum absolute atomic E-state index is 11.9. The van der Waals surface area contributed by atoms with Gasteiger partial charge in [-0.1, -0.05) is 30.2 Å². The number of aliphatic hydroxyl groups is 1. The lowest BCUT2D eigenvalue weighted by Crippen LogP contribution is -2.24. The summed E-state index contributed by atoms with van der Waals surface area (Å²) in [5, 5.41) is 13.9. The molecule has 1 aliphatic rings. The van der Waals surface area contributed by atoms with Crippen LogP contribution in [0.1, 0.15) is 22.5 Å². The number of fused-ring (bicyclic) bond motifs is 1. The second-order valence-electron chi connectivity index (χ2n) is 6.53. The van der Waals surface area contributed by atoms with Crippen molar-refractivity contribution in [3.05, 3.63) is 59.8 Å². The number of hydrogen-bond acceptors (Lipinski definition) is 5. The summed E-state index contributed by atoms with van der Waals surface area (Å²) < 4.78 is 6.49. The minimum atomic E-state index is -0.722. The molecule has 7 heteroatoms. The maximum Gasteiger partial charge on any atom is 0.359 e. The van der Waals surface area contributed by atoms with Gasteiger partial charge in [0.15, 0.2) is 5.69 Å². The molecule has 1 unspecified atom stereocenters. The molecular weight excluding hydrogens is 370 g/mol. The van der Waals surface area contributed by atoms with Gasteiger partial charge in [-0.25, -0.2) is 9.48 Å². The number of aliphatic hydroxyl groups excluding tert-OH is 1. The van der Waals surface area contributed by atoms with E-state index in [1.807, 2.05) is 48.5 Å². The average Bonchev–Trinajstić information content (AvgIpc) is 3.29. The number of amides is 1. The number of aromatic nitrogens is 2. The number of likely N-dealkylation sites (N-methyl/N-ethyl adjacent to an activating group) is 1. The van der Waals surface area contributed by atoms with E-state index < -0.39 is 12.1 Å². The van der Waals surface area contributed by atoms with Crippen molar-refractivity contribution in [3.8, 4) is 18.0 Å². The third-order valence-electron chi connectivity index (χ3n) is 4.62. The number of ether oxygens (including phenoxy) is 1. The van der Waals surface area contributed by atoms with Crippen LogP contribution in [0.4, 0.5) is 0 Å². The Balaban J connectivity index is 0.000000252. The minimum Gasteiger partial charge on any atom is -0.464 e. The van der Waals surface area contributed by atoms with Gasteiger partial charge in [-0.3, -0.25) is 4.79 Å². The summed E-state index contributed by atoms with van der Waals surface area (Å²) in [4.78, 5) is 24.0. The van der Waals surface area contributed by atoms with Crippen molar-refractivity contribution in [2.75, 3.05) is 20.7 Å². The van der Waals surface area contributed by atoms with Crippen LogP contribution >= 0.6 is 0 Å². The van der Waals surface area contributed by atoms with Gasteiger partial charge >= 0.3 is 5.97 Å². The zero-order chi connectivity index (χ0) is 21.0. The summed E-state index contributed by atoms with van der Waals surface area (Å²) >= 11 is 0. The fourth-order valence-electron chi connectivity index (χ4n) is 3.04. The number of rotatable bonds is 2. The molecule has 2 aromatic carbocycles. The van der Waals surface area contributed by atoms with E-state index >= 15 is 0 Å². The summed E-state index contributed by atoms with van der Waals surface area (Å²) in [6.07, 6.45) is 5.30. The normalized spacial score (nSPS) is 15.6. The number of benzene rings is 2. The van der Waals surface area contributed by atoms with Crippen LogP contribution in [0, 0.1) is 12.3 Å². The molecule has 148 valence electrons. The Hall–Kier alpha value is -3.63. The van der Waals surface area contributed by atoms with E-state index in [2.05, 4.69) is 11.0 Å². The first-order valence-electron chi connectivity index (χ1n) is 9.02. The molecular formula is C22H21N3O4. The summed E-state index contributed by atoms with van der Waals surface area (Å²) in [6.45, 7) is 0.694. The SMILES string of the molecule is C#Cc1cccc(-n2nc(C(=O)OC)c3ccccc32)c1.CN1CCC(O)C1=O. The smallest absolute Gasteiger partial charge is 0.359 e. The van der Waals surface area contributed by atoms with Crippen LogP contribution in [0.15, 0.2) is 48.5 Å². The molecule has 1 atom stereocenters. The van der Waals surface area contributed by atoms with Crippen molar-refractivity contribution in [1.29, 1.82) is 0 Å². The third kappa shape index (κ3) is 4.13. The molecule has 29 heavy (non-hydrogen) atoms. The molecule has 4 rings (SSSR count). The van der Waals surface area contributed by atoms with E-state index in [1.54, 1.807) is 11.7 Å². The molecule has 0 saturated carbocycles. The highest BCUT2D eigenvalue weighted by atomic mass is 16.5. The van der Waals surface area contributed by atoms with Gasteiger partial charge in [0.1, 0.15) is 6.10 Å². The average molecular weight is 391 g/mol. The first kappa shape index (κ1) is 20.1. The standard InChI is InChI=1S/C17H12N2O2.C5H9NO2/c1-3-12-7-6-8-13(11-12)19-15-10-5-4-9-14(15)16(18-19)17(20)21-2;1-6-3-2-4(7)5(6)8/h1,4-11H,2H3;4,7H,2-3H2,1H3. The van der Waals surface area contributed by atoms with E-state index in [1.165, 1.54) is 12.0 Å². The van der Waals surface area contributed by atoms with Crippen molar-refractivity contribution in [1.82, 2.24) is 14.7 Å². The number of terminal acetylenes is 1. The molecule has 1 fully saturated rings. The number of likely N-dealkylation sites (tertiary alicyclic amines) is 1. The van der Waals surface area contributed by atoms with Crippen LogP contribution in [-0.4, -0.2) is 58.5 Å². The van der Waals surface area contributed by atoms with Crippen LogP contribution in [-0.2, 0) is 9.53 Å². The van der Waals surface area contributed by atoms with Crippen molar-refractivity contribution in [3.63, 3.8) is 0 Å². The third-order valence-corrected chi connectivity index (χ3v) is 4.62. The van der Waals surface area contributed by atoms with Crippen molar-refractivity contribution < 1.29 is 19.4 Å². The number of methoxy groups -OCH3 is 1. The van der Waals surface area contributed by atoms with Crippen LogP contribution in [0.2, 0.25) is 0 Å². The Kier molecular flexibility index (Phi) is 5.96. The molecule has 0 bridgehead atoms. The van der Waals surface area contributed by atoms with Crippen LogP contribution < -0.4 is 0 Å². The number of nitrogens with zero attached hydrogens (tertiary/aromatic N) is 3. The Morgan fingerprint density at radius 1 is 1.28 bits per heavy atom. The Morgan fingerprint density at radius 3 is 2.62 bits per heavy atom. The maximum atomic E-state index is 11.9. The molecule has 1 saturated heterocycles. The van der Waals surface area contributed by atoms with Crippen molar-refractivity contribution in [2.45, 2.75) is 12.5 Å². The van der Waals surface area contributed by atoms with Gasteiger partial charge in [-0.15, -0.1) is 6.42 Å². The molecule has 1 amide bonds. The second-order valence-corrected chi connectivity index (χ2v) is 6.53. The highest BCUT2D eigenvalue weighted by Gasteiger charge is 2.26. The van der Waals surface area contributed by atoms with Gasteiger partial charge in [-0.05, 0) is 30.7 Å². The number of esters is 1. The molecule has 1 N–H and O–H groups in total. The molecule has 3 aromatic rings. The number of hydrogen-bond donors (Lipinski definition) is 1. The number of para-hydroxylation sites is 1. The second kappa shape index (κ2) is 8.59. The predicted molar refractivity (Wildman–Crippen MR) is 109 cm³/mol. The molecule has 0 spiro atoms. The van der Waals surface area contributed by atoms with Gasteiger partial charge in [0.05, 0.1) is 18.3 Å². The lowest BCUT2D eigenvalue weighted by molar-refractivity contribution is -0.133. The van der Waals surface area contributed by atoms with E-state index in [0.717, 1.165) is 22.2 Å². The van der Waals surface area contributed by atoms with Crippen LogP contribution in [0.3, 0.4) is 0 Å².